The summed E-state index contributed by atoms with van der Waals surface area (Å²) in [5, 5.41) is 9.62. The van der Waals surface area contributed by atoms with Gasteiger partial charge in [-0.3, -0.25) is 9.59 Å². The standard InChI is InChI=1S/C49H83NO7/c1-6-8-10-12-14-16-18-20-21-22-23-24-25-26-28-30-32-34-36-38-40-48(52)57-45(43-55-42-41-46(49(53)54)50(3,4)5)44-56-47(51)39-37-35-33-31-29-27-19-17-15-13-11-9-7-2/h8,10,14,16,20-21,23-24,26,28,32,34,45-46H,6-7,9,11-13,15,17-19,22,25,27,29-31,33,35-44H2,1-5H3/p+1/b10-8+,16-14+,21-20+,24-23+,28-26+,34-32+. The molecule has 0 aromatic carbocycles. The van der Waals surface area contributed by atoms with Gasteiger partial charge in [-0.05, 0) is 57.8 Å². The number of hydrogen-bond donors (Lipinski definition) is 1. The molecule has 2 atom stereocenters. The fraction of sp³-hybridized carbons (Fsp3) is 0.694. The van der Waals surface area contributed by atoms with E-state index in [0.717, 1.165) is 64.2 Å². The summed E-state index contributed by atoms with van der Waals surface area (Å²) in [7, 11) is 5.50. The second-order valence-corrected chi connectivity index (χ2v) is 15.9. The molecule has 0 aliphatic carbocycles. The van der Waals surface area contributed by atoms with Gasteiger partial charge in [0.2, 0.25) is 0 Å². The zero-order valence-electron chi connectivity index (χ0n) is 37.0. The minimum atomic E-state index is -0.886. The molecule has 0 radical (unpaired) electrons. The Kier molecular flexibility index (Phi) is 37.3. The van der Waals surface area contributed by atoms with E-state index in [-0.39, 0.29) is 42.7 Å². The van der Waals surface area contributed by atoms with Gasteiger partial charge in [0.1, 0.15) is 6.61 Å². The number of allylic oxidation sites excluding steroid dienone is 12. The third-order valence-corrected chi connectivity index (χ3v) is 9.62. The van der Waals surface area contributed by atoms with Gasteiger partial charge in [0.25, 0.3) is 0 Å². The summed E-state index contributed by atoms with van der Waals surface area (Å²) in [5.74, 6) is -1.55. The molecule has 0 amide bonds. The predicted octanol–water partition coefficient (Wildman–Crippen LogP) is 12.4. The molecular formula is C49H84NO7+. The number of hydrogen-bond acceptors (Lipinski definition) is 6. The van der Waals surface area contributed by atoms with Crippen LogP contribution in [0.2, 0.25) is 0 Å². The molecule has 57 heavy (non-hydrogen) atoms. The second-order valence-electron chi connectivity index (χ2n) is 15.9. The number of carboxylic acids is 1. The molecule has 0 heterocycles. The van der Waals surface area contributed by atoms with Crippen LogP contribution in [0.3, 0.4) is 0 Å². The first-order valence-electron chi connectivity index (χ1n) is 22.5. The average molecular weight is 799 g/mol. The van der Waals surface area contributed by atoms with Crippen LogP contribution in [0.25, 0.3) is 0 Å². The Labute approximate surface area is 349 Å². The number of likely N-dealkylation sites (N-methyl/N-ethyl adjacent to an activating group) is 1. The molecule has 0 saturated carbocycles. The Morgan fingerprint density at radius 3 is 1.44 bits per heavy atom. The van der Waals surface area contributed by atoms with Gasteiger partial charge in [-0.25, -0.2) is 4.79 Å². The third-order valence-electron chi connectivity index (χ3n) is 9.62. The molecule has 1 N–H and O–H groups in total. The molecule has 8 nitrogen and oxygen atoms in total. The van der Waals surface area contributed by atoms with Gasteiger partial charge in [-0.2, -0.15) is 0 Å². The quantitative estimate of drug-likeness (QED) is 0.0286. The first-order chi connectivity index (χ1) is 27.6. The number of quaternary nitrogens is 1. The van der Waals surface area contributed by atoms with Crippen LogP contribution < -0.4 is 0 Å². The van der Waals surface area contributed by atoms with Crippen molar-refractivity contribution in [1.29, 1.82) is 0 Å². The topological polar surface area (TPSA) is 99.1 Å². The Morgan fingerprint density at radius 2 is 0.982 bits per heavy atom. The maximum atomic E-state index is 12.7. The minimum absolute atomic E-state index is 0.0361. The highest BCUT2D eigenvalue weighted by atomic mass is 16.6. The largest absolute Gasteiger partial charge is 0.477 e. The summed E-state index contributed by atoms with van der Waals surface area (Å²) in [4.78, 5) is 37.0. The number of aliphatic carboxylic acids is 1. The van der Waals surface area contributed by atoms with Crippen molar-refractivity contribution in [3.63, 3.8) is 0 Å². The van der Waals surface area contributed by atoms with E-state index in [0.29, 0.717) is 19.3 Å². The van der Waals surface area contributed by atoms with Crippen LogP contribution in [-0.4, -0.2) is 80.6 Å². The lowest BCUT2D eigenvalue weighted by Crippen LogP contribution is -2.50. The zero-order valence-corrected chi connectivity index (χ0v) is 37.0. The molecule has 0 fully saturated rings. The molecule has 326 valence electrons. The maximum Gasteiger partial charge on any atom is 0.362 e. The third kappa shape index (κ3) is 38.1. The van der Waals surface area contributed by atoms with Crippen LogP contribution in [-0.2, 0) is 28.6 Å². The molecule has 8 heteroatoms. The monoisotopic (exact) mass is 799 g/mol. The van der Waals surface area contributed by atoms with Crippen LogP contribution in [0.4, 0.5) is 0 Å². The summed E-state index contributed by atoms with van der Waals surface area (Å²) >= 11 is 0. The van der Waals surface area contributed by atoms with Crippen molar-refractivity contribution in [3.05, 3.63) is 72.9 Å². The normalized spacial score (nSPS) is 13.6. The van der Waals surface area contributed by atoms with Crippen molar-refractivity contribution >= 4 is 17.9 Å². The van der Waals surface area contributed by atoms with Crippen molar-refractivity contribution in [1.82, 2.24) is 0 Å². The van der Waals surface area contributed by atoms with Crippen LogP contribution in [0.1, 0.15) is 168 Å². The number of esters is 2. The van der Waals surface area contributed by atoms with Crippen molar-refractivity contribution < 1.29 is 38.2 Å². The Balaban J connectivity index is 4.45. The summed E-state index contributed by atoms with van der Waals surface area (Å²) < 4.78 is 17.2. The molecule has 0 rings (SSSR count). The molecule has 0 aliphatic rings. The summed E-state index contributed by atoms with van der Waals surface area (Å²) in [6, 6.07) is -0.627. The summed E-state index contributed by atoms with van der Waals surface area (Å²) in [5.41, 5.74) is 0. The fourth-order valence-corrected chi connectivity index (χ4v) is 6.16. The van der Waals surface area contributed by atoms with Crippen molar-refractivity contribution in [2.75, 3.05) is 41.0 Å². The first-order valence-corrected chi connectivity index (χ1v) is 22.5. The van der Waals surface area contributed by atoms with E-state index < -0.39 is 18.1 Å². The molecule has 0 saturated heterocycles. The lowest BCUT2D eigenvalue weighted by Gasteiger charge is -2.31. The maximum absolute atomic E-state index is 12.7. The highest BCUT2D eigenvalue weighted by molar-refractivity contribution is 5.72. The minimum Gasteiger partial charge on any atom is -0.477 e. The zero-order chi connectivity index (χ0) is 42.1. The highest BCUT2D eigenvalue weighted by Gasteiger charge is 2.31. The van der Waals surface area contributed by atoms with E-state index in [1.54, 1.807) is 0 Å². The van der Waals surface area contributed by atoms with Gasteiger partial charge < -0.3 is 23.8 Å². The number of carbonyl (C=O) groups is 3. The number of carbonyl (C=O) groups excluding carboxylic acids is 2. The van der Waals surface area contributed by atoms with E-state index in [1.807, 2.05) is 21.1 Å². The van der Waals surface area contributed by atoms with Gasteiger partial charge in [-0.1, -0.05) is 164 Å². The molecule has 0 aromatic rings. The molecule has 0 aromatic heterocycles. The molecule has 0 spiro atoms. The van der Waals surface area contributed by atoms with Crippen molar-refractivity contribution in [3.8, 4) is 0 Å². The molecular weight excluding hydrogens is 715 g/mol. The Hall–Kier alpha value is -3.23. The Morgan fingerprint density at radius 1 is 0.544 bits per heavy atom. The van der Waals surface area contributed by atoms with E-state index in [9.17, 15) is 19.5 Å². The van der Waals surface area contributed by atoms with E-state index >= 15 is 0 Å². The van der Waals surface area contributed by atoms with Crippen LogP contribution >= 0.6 is 0 Å². The van der Waals surface area contributed by atoms with E-state index in [4.69, 9.17) is 14.2 Å². The summed E-state index contributed by atoms with van der Waals surface area (Å²) in [6.45, 7) is 4.55. The predicted molar refractivity (Wildman–Crippen MR) is 238 cm³/mol. The van der Waals surface area contributed by atoms with Crippen molar-refractivity contribution in [2.45, 2.75) is 180 Å². The van der Waals surface area contributed by atoms with Crippen LogP contribution in [0, 0.1) is 0 Å². The highest BCUT2D eigenvalue weighted by Crippen LogP contribution is 2.14. The lowest BCUT2D eigenvalue weighted by molar-refractivity contribution is -0.887. The number of nitrogens with zero attached hydrogens (tertiary/aromatic N) is 1. The lowest BCUT2D eigenvalue weighted by atomic mass is 10.0. The molecule has 0 aliphatic heterocycles. The SMILES string of the molecule is CC/C=C/C/C=C/C/C=C/C/C=C/C/C=C/C/C=C/CCCC(=O)OC(COCCC(C(=O)O)[N+](C)(C)C)COC(=O)CCCCCCCCCCCCCCC. The number of ether oxygens (including phenoxy) is 3. The first kappa shape index (κ1) is 53.8. The van der Waals surface area contributed by atoms with Crippen LogP contribution in [0.15, 0.2) is 72.9 Å². The number of carboxylic acid groups (broad SMARTS) is 1. The Bertz CT molecular complexity index is 1160. The van der Waals surface area contributed by atoms with Crippen LogP contribution in [0.5, 0.6) is 0 Å². The smallest absolute Gasteiger partial charge is 0.362 e. The number of unbranched alkanes of at least 4 members (excludes halogenated alkanes) is 13. The van der Waals surface area contributed by atoms with E-state index in [1.165, 1.54) is 64.2 Å². The molecule has 0 bridgehead atoms. The van der Waals surface area contributed by atoms with E-state index in [2.05, 4.69) is 86.8 Å². The van der Waals surface area contributed by atoms with Gasteiger partial charge in [0.15, 0.2) is 12.1 Å². The van der Waals surface area contributed by atoms with Gasteiger partial charge in [-0.15, -0.1) is 0 Å². The van der Waals surface area contributed by atoms with Gasteiger partial charge >= 0.3 is 17.9 Å². The van der Waals surface area contributed by atoms with Crippen molar-refractivity contribution in [2.24, 2.45) is 0 Å². The average Bonchev–Trinajstić information content (AvgIpc) is 3.17. The molecule has 2 unspecified atom stereocenters. The number of rotatable bonds is 39. The second kappa shape index (κ2) is 39.6. The van der Waals surface area contributed by atoms with Gasteiger partial charge in [0, 0.05) is 19.3 Å². The summed E-state index contributed by atoms with van der Waals surface area (Å²) in [6.07, 6.45) is 49.5. The fourth-order valence-electron chi connectivity index (χ4n) is 6.16. The van der Waals surface area contributed by atoms with Gasteiger partial charge in [0.05, 0.1) is 34.4 Å².